The first-order chi connectivity index (χ1) is 25.2. The molecule has 6 amide bonds. The molecule has 2 aromatic carbocycles. The monoisotopic (exact) mass is 737 g/mol. The Morgan fingerprint density at radius 2 is 1.62 bits per heavy atom. The lowest BCUT2D eigenvalue weighted by molar-refractivity contribution is -0.147. The van der Waals surface area contributed by atoms with E-state index in [1.165, 1.54) is 4.90 Å². The quantitative estimate of drug-likeness (QED) is 0.132. The van der Waals surface area contributed by atoms with Crippen LogP contribution in [-0.4, -0.2) is 126 Å². The summed E-state index contributed by atoms with van der Waals surface area (Å²) in [6.07, 6.45) is -1.33. The van der Waals surface area contributed by atoms with Gasteiger partial charge in [0.2, 0.25) is 23.6 Å². The number of rotatable bonds is 16. The van der Waals surface area contributed by atoms with Crippen LogP contribution in [-0.2, 0) is 39.9 Å². The van der Waals surface area contributed by atoms with E-state index in [0.717, 1.165) is 0 Å². The minimum absolute atomic E-state index is 0.0240. The van der Waals surface area contributed by atoms with Gasteiger partial charge in [0.05, 0.1) is 32.2 Å². The number of aliphatic hydroxyl groups is 1. The summed E-state index contributed by atoms with van der Waals surface area (Å²) in [6.45, 7) is 7.97. The van der Waals surface area contributed by atoms with Crippen molar-refractivity contribution < 1.29 is 43.3 Å². The van der Waals surface area contributed by atoms with Gasteiger partial charge in [0.15, 0.2) is 12.7 Å². The van der Waals surface area contributed by atoms with Crippen LogP contribution in [0.3, 0.4) is 0 Å². The van der Waals surface area contributed by atoms with Crippen LogP contribution in [0.4, 0.5) is 5.69 Å². The summed E-state index contributed by atoms with van der Waals surface area (Å²) >= 11 is 0. The summed E-state index contributed by atoms with van der Waals surface area (Å²) in [7, 11) is 0. The lowest BCUT2D eigenvalue weighted by Crippen LogP contribution is -2.59. The van der Waals surface area contributed by atoms with E-state index in [1.807, 2.05) is 25.7 Å². The topological polar surface area (TPSA) is 222 Å². The molecule has 53 heavy (non-hydrogen) atoms. The predicted octanol–water partition coefficient (Wildman–Crippen LogP) is -0.310. The van der Waals surface area contributed by atoms with Gasteiger partial charge in [0, 0.05) is 30.9 Å². The average molecular weight is 738 g/mol. The van der Waals surface area contributed by atoms with Gasteiger partial charge in [-0.1, -0.05) is 30.3 Å². The molecule has 2 heterocycles. The first-order valence-corrected chi connectivity index (χ1v) is 17.7. The summed E-state index contributed by atoms with van der Waals surface area (Å²) in [5, 5.41) is 22.2. The van der Waals surface area contributed by atoms with Crippen molar-refractivity contribution in [1.29, 1.82) is 0 Å². The zero-order valence-corrected chi connectivity index (χ0v) is 30.5. The first kappa shape index (κ1) is 40.7. The number of carbonyl (C=O) groups is 6. The van der Waals surface area contributed by atoms with Crippen molar-refractivity contribution in [3.63, 3.8) is 0 Å². The Bertz CT molecular complexity index is 1580. The summed E-state index contributed by atoms with van der Waals surface area (Å²) in [5.74, 6) is -3.41. The molecule has 2 aliphatic rings. The van der Waals surface area contributed by atoms with Crippen molar-refractivity contribution >= 4 is 41.1 Å². The van der Waals surface area contributed by atoms with Crippen LogP contribution in [0.1, 0.15) is 45.6 Å². The number of benzene rings is 2. The standard InChI is InChI=1S/C37H51N7O9/c1-37(2,3)42-35(50)29-10-7-15-44(29)36(51)33(48)27(20-24-8-5-4-6-9-24)41-34(49)28(21-30(38)45)40-32(47)23-53-26-13-11-25(12-14-26)39-31(46)22-43-16-18-52-19-17-43/h4-6,8-9,11-14,27-29,33,48H,7,10,15-23H2,1-3H3,(H2,38,45)(H,39,46)(H,40,47)(H,41,49)(H,42,50)/t27?,28-,29-,33?/m0/s1. The Morgan fingerprint density at radius 1 is 0.943 bits per heavy atom. The van der Waals surface area contributed by atoms with Gasteiger partial charge in [0.25, 0.3) is 11.8 Å². The molecule has 288 valence electrons. The highest BCUT2D eigenvalue weighted by atomic mass is 16.5. The van der Waals surface area contributed by atoms with Crippen LogP contribution in [0.5, 0.6) is 5.75 Å². The Balaban J connectivity index is 1.37. The van der Waals surface area contributed by atoms with E-state index in [0.29, 0.717) is 56.1 Å². The maximum Gasteiger partial charge on any atom is 0.258 e. The number of hydrogen-bond donors (Lipinski definition) is 6. The van der Waals surface area contributed by atoms with Crippen LogP contribution in [0.2, 0.25) is 0 Å². The van der Waals surface area contributed by atoms with Crippen molar-refractivity contribution in [2.45, 2.75) is 76.2 Å². The van der Waals surface area contributed by atoms with E-state index in [1.54, 1.807) is 54.6 Å². The maximum atomic E-state index is 13.7. The van der Waals surface area contributed by atoms with E-state index in [9.17, 15) is 33.9 Å². The normalized spacial score (nSPS) is 17.9. The second-order valence-corrected chi connectivity index (χ2v) is 14.2. The largest absolute Gasteiger partial charge is 0.484 e. The van der Waals surface area contributed by atoms with Crippen LogP contribution < -0.4 is 31.7 Å². The molecular weight excluding hydrogens is 686 g/mol. The Hall–Kier alpha value is -5.06. The molecule has 2 saturated heterocycles. The number of aliphatic hydroxyl groups excluding tert-OH is 1. The molecule has 0 saturated carbocycles. The summed E-state index contributed by atoms with van der Waals surface area (Å²) in [4.78, 5) is 80.9. The smallest absolute Gasteiger partial charge is 0.258 e. The third-order valence-electron chi connectivity index (χ3n) is 8.63. The minimum Gasteiger partial charge on any atom is -0.484 e. The number of nitrogens with zero attached hydrogens (tertiary/aromatic N) is 2. The van der Waals surface area contributed by atoms with Crippen molar-refractivity contribution in [3.8, 4) is 5.75 Å². The van der Waals surface area contributed by atoms with E-state index in [2.05, 4.69) is 21.3 Å². The number of amides is 6. The number of nitrogens with one attached hydrogen (secondary N) is 4. The third kappa shape index (κ3) is 13.1. The highest BCUT2D eigenvalue weighted by molar-refractivity contribution is 5.94. The minimum atomic E-state index is -1.76. The number of anilines is 1. The van der Waals surface area contributed by atoms with E-state index in [-0.39, 0.29) is 31.3 Å². The van der Waals surface area contributed by atoms with Gasteiger partial charge in [-0.2, -0.15) is 0 Å². The summed E-state index contributed by atoms with van der Waals surface area (Å²) in [6, 6.07) is 11.8. The van der Waals surface area contributed by atoms with E-state index >= 15 is 0 Å². The molecular formula is C37H51N7O9. The fraction of sp³-hybridized carbons (Fsp3) is 0.514. The molecule has 16 nitrogen and oxygen atoms in total. The van der Waals surface area contributed by atoms with Crippen molar-refractivity contribution in [1.82, 2.24) is 25.8 Å². The molecule has 0 aromatic heterocycles. The number of ether oxygens (including phenoxy) is 2. The molecule has 2 aromatic rings. The van der Waals surface area contributed by atoms with Gasteiger partial charge in [-0.15, -0.1) is 0 Å². The molecule has 0 bridgehead atoms. The zero-order chi connectivity index (χ0) is 38.5. The number of carbonyl (C=O) groups excluding carboxylic acids is 6. The van der Waals surface area contributed by atoms with Gasteiger partial charge < -0.3 is 46.5 Å². The summed E-state index contributed by atoms with van der Waals surface area (Å²) < 4.78 is 10.9. The average Bonchev–Trinajstić information content (AvgIpc) is 3.61. The van der Waals surface area contributed by atoms with E-state index < -0.39 is 66.4 Å². The fourth-order valence-electron chi connectivity index (χ4n) is 6.08. The molecule has 0 spiro atoms. The van der Waals surface area contributed by atoms with Gasteiger partial charge in [-0.3, -0.25) is 33.7 Å². The molecule has 7 N–H and O–H groups in total. The van der Waals surface area contributed by atoms with Crippen LogP contribution in [0, 0.1) is 0 Å². The number of nitrogens with two attached hydrogens (primary N) is 1. The number of primary amides is 1. The van der Waals surface area contributed by atoms with Crippen molar-refractivity contribution in [3.05, 3.63) is 60.2 Å². The van der Waals surface area contributed by atoms with Gasteiger partial charge in [-0.25, -0.2) is 0 Å². The van der Waals surface area contributed by atoms with Crippen molar-refractivity contribution in [2.75, 3.05) is 51.3 Å². The molecule has 2 fully saturated rings. The van der Waals surface area contributed by atoms with Gasteiger partial charge >= 0.3 is 0 Å². The molecule has 4 rings (SSSR count). The highest BCUT2D eigenvalue weighted by Gasteiger charge is 2.41. The van der Waals surface area contributed by atoms with Crippen molar-refractivity contribution in [2.24, 2.45) is 5.73 Å². The predicted molar refractivity (Wildman–Crippen MR) is 194 cm³/mol. The molecule has 2 unspecified atom stereocenters. The first-order valence-electron chi connectivity index (χ1n) is 17.7. The lowest BCUT2D eigenvalue weighted by atomic mass is 9.99. The van der Waals surface area contributed by atoms with Crippen LogP contribution >= 0.6 is 0 Å². The summed E-state index contributed by atoms with van der Waals surface area (Å²) in [5.41, 5.74) is 6.12. The Morgan fingerprint density at radius 3 is 2.26 bits per heavy atom. The number of morpholine rings is 1. The number of hydrogen-bond acceptors (Lipinski definition) is 10. The fourth-order valence-corrected chi connectivity index (χ4v) is 6.08. The molecule has 4 atom stereocenters. The van der Waals surface area contributed by atoms with Gasteiger partial charge in [-0.05, 0) is 69.9 Å². The zero-order valence-electron chi connectivity index (χ0n) is 30.5. The van der Waals surface area contributed by atoms with Crippen LogP contribution in [0.25, 0.3) is 0 Å². The van der Waals surface area contributed by atoms with Crippen LogP contribution in [0.15, 0.2) is 54.6 Å². The second-order valence-electron chi connectivity index (χ2n) is 14.2. The lowest BCUT2D eigenvalue weighted by Gasteiger charge is -2.32. The molecule has 16 heteroatoms. The Kier molecular flexibility index (Phi) is 14.7. The molecule has 0 aliphatic carbocycles. The maximum absolute atomic E-state index is 13.7. The van der Waals surface area contributed by atoms with E-state index in [4.69, 9.17) is 15.2 Å². The molecule has 2 aliphatic heterocycles. The number of likely N-dealkylation sites (tertiary alicyclic amines) is 1. The second kappa shape index (κ2) is 19.1. The third-order valence-corrected chi connectivity index (χ3v) is 8.63. The highest BCUT2D eigenvalue weighted by Crippen LogP contribution is 2.21. The Labute approximate surface area is 309 Å². The van der Waals surface area contributed by atoms with Gasteiger partial charge in [0.1, 0.15) is 17.8 Å². The molecule has 0 radical (unpaired) electrons. The SMILES string of the molecule is CC(C)(C)NC(=O)[C@@H]1CCCN1C(=O)C(O)C(Cc1ccccc1)NC(=O)[C@H](CC(N)=O)NC(=O)COc1ccc(NC(=O)CN2CCOCC2)cc1.